The van der Waals surface area contributed by atoms with Crippen LogP contribution in [0.4, 0.5) is 0 Å². The molecule has 0 amide bonds. The summed E-state index contributed by atoms with van der Waals surface area (Å²) in [6.07, 6.45) is 5.62. The molecule has 1 unspecified atom stereocenters. The van der Waals surface area contributed by atoms with Crippen LogP contribution in [-0.4, -0.2) is 25.9 Å². The number of halogens is 1. The topological polar surface area (TPSA) is 47.7 Å². The van der Waals surface area contributed by atoms with Crippen LogP contribution >= 0.6 is 11.6 Å². The SMILES string of the molecule is CCCNC(Cc1c(Cl)c(C)nn1C)c1cncn1C. The first-order valence-electron chi connectivity index (χ1n) is 6.92. The van der Waals surface area contributed by atoms with Crippen molar-refractivity contribution in [3.8, 4) is 0 Å². The highest BCUT2D eigenvalue weighted by atomic mass is 35.5. The molecule has 2 aromatic rings. The highest BCUT2D eigenvalue weighted by molar-refractivity contribution is 6.31. The van der Waals surface area contributed by atoms with E-state index in [9.17, 15) is 0 Å². The van der Waals surface area contributed by atoms with Gasteiger partial charge in [-0.3, -0.25) is 4.68 Å². The molecule has 2 aromatic heterocycles. The van der Waals surface area contributed by atoms with Gasteiger partial charge < -0.3 is 9.88 Å². The molecule has 0 aliphatic heterocycles. The molecule has 0 aromatic carbocycles. The summed E-state index contributed by atoms with van der Waals surface area (Å²) in [6.45, 7) is 5.06. The molecule has 0 saturated heterocycles. The Morgan fingerprint density at radius 1 is 1.40 bits per heavy atom. The summed E-state index contributed by atoms with van der Waals surface area (Å²) in [5.41, 5.74) is 3.09. The first-order chi connectivity index (χ1) is 9.54. The van der Waals surface area contributed by atoms with E-state index in [-0.39, 0.29) is 6.04 Å². The van der Waals surface area contributed by atoms with Crippen LogP contribution < -0.4 is 5.32 Å². The van der Waals surface area contributed by atoms with Gasteiger partial charge >= 0.3 is 0 Å². The van der Waals surface area contributed by atoms with Crippen molar-refractivity contribution in [3.05, 3.63) is 34.6 Å². The Balaban J connectivity index is 2.26. The van der Waals surface area contributed by atoms with Gasteiger partial charge in [-0.2, -0.15) is 5.10 Å². The number of aromatic nitrogens is 4. The van der Waals surface area contributed by atoms with Crippen LogP contribution in [0, 0.1) is 6.92 Å². The molecule has 0 spiro atoms. The zero-order valence-corrected chi connectivity index (χ0v) is 13.3. The second-order valence-corrected chi connectivity index (χ2v) is 5.49. The van der Waals surface area contributed by atoms with Crippen molar-refractivity contribution in [3.63, 3.8) is 0 Å². The predicted octanol–water partition coefficient (Wildman–Crippen LogP) is 2.40. The fourth-order valence-corrected chi connectivity index (χ4v) is 2.64. The van der Waals surface area contributed by atoms with Crippen LogP contribution in [0.15, 0.2) is 12.5 Å². The number of rotatable bonds is 6. The molecule has 1 atom stereocenters. The van der Waals surface area contributed by atoms with Crippen molar-refractivity contribution in [1.82, 2.24) is 24.6 Å². The Morgan fingerprint density at radius 3 is 2.65 bits per heavy atom. The van der Waals surface area contributed by atoms with Gasteiger partial charge in [-0.25, -0.2) is 4.98 Å². The second kappa shape index (κ2) is 6.41. The summed E-state index contributed by atoms with van der Waals surface area (Å²) in [5, 5.41) is 8.71. The van der Waals surface area contributed by atoms with E-state index in [1.807, 2.05) is 42.8 Å². The van der Waals surface area contributed by atoms with Gasteiger partial charge in [0, 0.05) is 26.7 Å². The molecule has 0 radical (unpaired) electrons. The van der Waals surface area contributed by atoms with E-state index >= 15 is 0 Å². The molecule has 2 heterocycles. The van der Waals surface area contributed by atoms with E-state index in [1.165, 1.54) is 0 Å². The zero-order chi connectivity index (χ0) is 14.7. The second-order valence-electron chi connectivity index (χ2n) is 5.11. The lowest BCUT2D eigenvalue weighted by Gasteiger charge is -2.19. The first kappa shape index (κ1) is 15.1. The summed E-state index contributed by atoms with van der Waals surface area (Å²) in [4.78, 5) is 4.21. The largest absolute Gasteiger partial charge is 0.336 e. The van der Waals surface area contributed by atoms with Crippen molar-refractivity contribution in [2.24, 2.45) is 14.1 Å². The maximum atomic E-state index is 6.36. The molecule has 0 aliphatic rings. The Labute approximate surface area is 125 Å². The average Bonchev–Trinajstić information content (AvgIpc) is 2.93. The third kappa shape index (κ3) is 3.04. The van der Waals surface area contributed by atoms with Gasteiger partial charge in [-0.15, -0.1) is 0 Å². The smallest absolute Gasteiger partial charge is 0.0946 e. The number of nitrogens with one attached hydrogen (secondary N) is 1. The Hall–Kier alpha value is -1.33. The monoisotopic (exact) mass is 295 g/mol. The van der Waals surface area contributed by atoms with E-state index in [0.29, 0.717) is 0 Å². The number of hydrogen-bond acceptors (Lipinski definition) is 3. The van der Waals surface area contributed by atoms with Crippen LogP contribution in [0.2, 0.25) is 5.02 Å². The van der Waals surface area contributed by atoms with E-state index in [1.54, 1.807) is 0 Å². The van der Waals surface area contributed by atoms with Gasteiger partial charge in [0.25, 0.3) is 0 Å². The summed E-state index contributed by atoms with van der Waals surface area (Å²) in [7, 11) is 3.95. The van der Waals surface area contributed by atoms with Crippen LogP contribution in [0.3, 0.4) is 0 Å². The summed E-state index contributed by atoms with van der Waals surface area (Å²) < 4.78 is 3.92. The normalized spacial score (nSPS) is 12.8. The molecule has 5 nitrogen and oxygen atoms in total. The zero-order valence-electron chi connectivity index (χ0n) is 12.5. The minimum atomic E-state index is 0.190. The van der Waals surface area contributed by atoms with Gasteiger partial charge in [-0.05, 0) is 19.9 Å². The third-order valence-electron chi connectivity index (χ3n) is 3.51. The number of aryl methyl sites for hydroxylation is 3. The Morgan fingerprint density at radius 2 is 2.15 bits per heavy atom. The molecule has 0 aliphatic carbocycles. The standard InChI is InChI=1S/C14H22ClN5/c1-5-6-17-11(13-8-16-9-19(13)3)7-12-14(15)10(2)18-20(12)4/h8-9,11,17H,5-7H2,1-4H3. The van der Waals surface area contributed by atoms with Gasteiger partial charge in [0.2, 0.25) is 0 Å². The lowest BCUT2D eigenvalue weighted by molar-refractivity contribution is 0.490. The molecule has 1 N–H and O–H groups in total. The summed E-state index contributed by atoms with van der Waals surface area (Å²) >= 11 is 6.36. The molecule has 0 saturated carbocycles. The van der Waals surface area contributed by atoms with Crippen LogP contribution in [0.25, 0.3) is 0 Å². The van der Waals surface area contributed by atoms with E-state index in [4.69, 9.17) is 11.6 Å². The molecule has 110 valence electrons. The van der Waals surface area contributed by atoms with Crippen molar-refractivity contribution >= 4 is 11.6 Å². The van der Waals surface area contributed by atoms with Gasteiger partial charge in [-0.1, -0.05) is 18.5 Å². The number of nitrogens with zero attached hydrogens (tertiary/aromatic N) is 4. The fourth-order valence-electron chi connectivity index (χ4n) is 2.40. The van der Waals surface area contributed by atoms with Gasteiger partial charge in [0.1, 0.15) is 0 Å². The minimum absolute atomic E-state index is 0.190. The average molecular weight is 296 g/mol. The molecular formula is C14H22ClN5. The highest BCUT2D eigenvalue weighted by Crippen LogP contribution is 2.25. The number of imidazole rings is 1. The fraction of sp³-hybridized carbons (Fsp3) is 0.571. The van der Waals surface area contributed by atoms with E-state index in [0.717, 1.165) is 41.5 Å². The summed E-state index contributed by atoms with van der Waals surface area (Å²) in [5.74, 6) is 0. The van der Waals surface area contributed by atoms with Crippen LogP contribution in [-0.2, 0) is 20.5 Å². The molecule has 20 heavy (non-hydrogen) atoms. The molecule has 6 heteroatoms. The van der Waals surface area contributed by atoms with Crippen molar-refractivity contribution in [2.45, 2.75) is 32.7 Å². The quantitative estimate of drug-likeness (QED) is 0.890. The van der Waals surface area contributed by atoms with Crippen LogP contribution in [0.5, 0.6) is 0 Å². The number of hydrogen-bond donors (Lipinski definition) is 1. The van der Waals surface area contributed by atoms with E-state index < -0.39 is 0 Å². The van der Waals surface area contributed by atoms with Gasteiger partial charge in [0.15, 0.2) is 0 Å². The van der Waals surface area contributed by atoms with Crippen molar-refractivity contribution < 1.29 is 0 Å². The third-order valence-corrected chi connectivity index (χ3v) is 4.00. The maximum absolute atomic E-state index is 6.36. The molecular weight excluding hydrogens is 274 g/mol. The molecule has 0 bridgehead atoms. The molecule has 2 rings (SSSR count). The minimum Gasteiger partial charge on any atom is -0.336 e. The van der Waals surface area contributed by atoms with Crippen LogP contribution in [0.1, 0.15) is 36.5 Å². The van der Waals surface area contributed by atoms with Crippen molar-refractivity contribution in [2.75, 3.05) is 6.54 Å². The Bertz CT molecular complexity index is 572. The predicted molar refractivity (Wildman–Crippen MR) is 80.9 cm³/mol. The lowest BCUT2D eigenvalue weighted by Crippen LogP contribution is -2.26. The van der Waals surface area contributed by atoms with E-state index in [2.05, 4.69) is 22.3 Å². The maximum Gasteiger partial charge on any atom is 0.0946 e. The highest BCUT2D eigenvalue weighted by Gasteiger charge is 2.20. The molecule has 0 fully saturated rings. The summed E-state index contributed by atoms with van der Waals surface area (Å²) in [6, 6.07) is 0.190. The van der Waals surface area contributed by atoms with Crippen molar-refractivity contribution in [1.29, 1.82) is 0 Å². The Kier molecular flexibility index (Phi) is 4.83. The van der Waals surface area contributed by atoms with Gasteiger partial charge in [0.05, 0.1) is 34.5 Å². The lowest BCUT2D eigenvalue weighted by atomic mass is 10.1. The first-order valence-corrected chi connectivity index (χ1v) is 7.30.